The number of carboxylic acid groups (broad SMARTS) is 1. The lowest BCUT2D eigenvalue weighted by Crippen LogP contribution is -2.48. The number of hydrogen-bond donors (Lipinski definition) is 2. The summed E-state index contributed by atoms with van der Waals surface area (Å²) in [4.78, 5) is 16.8. The Morgan fingerprint density at radius 3 is 3.18 bits per heavy atom. The molecule has 0 radical (unpaired) electrons. The summed E-state index contributed by atoms with van der Waals surface area (Å²) in [5.74, 6) is -1.02. The van der Waals surface area contributed by atoms with E-state index in [0.717, 1.165) is 0 Å². The maximum Gasteiger partial charge on any atom is 0.339 e. The lowest BCUT2D eigenvalue weighted by Gasteiger charge is -2.36. The van der Waals surface area contributed by atoms with E-state index in [1.807, 2.05) is 4.90 Å². The Balaban J connectivity index is 2.34. The molecule has 1 fully saturated rings. The van der Waals surface area contributed by atoms with Gasteiger partial charge in [0.15, 0.2) is 0 Å². The van der Waals surface area contributed by atoms with Crippen LogP contribution in [0.15, 0.2) is 18.5 Å². The van der Waals surface area contributed by atoms with Crippen LogP contribution in [0.2, 0.25) is 0 Å². The highest BCUT2D eigenvalue weighted by Crippen LogP contribution is 2.23. The summed E-state index contributed by atoms with van der Waals surface area (Å²) in [6.07, 6.45) is 2.87. The predicted molar refractivity (Wildman–Crippen MR) is 60.2 cm³/mol. The Bertz CT molecular complexity index is 410. The maximum atomic E-state index is 11.1. The van der Waals surface area contributed by atoms with E-state index in [1.165, 1.54) is 6.20 Å². The number of carboxylic acids is 1. The number of aliphatic hydroxyl groups excluding tert-OH is 1. The van der Waals surface area contributed by atoms with Crippen molar-refractivity contribution in [2.75, 3.05) is 31.3 Å². The molecule has 1 aromatic heterocycles. The lowest BCUT2D eigenvalue weighted by atomic mass is 10.1. The largest absolute Gasteiger partial charge is 0.478 e. The monoisotopic (exact) mass is 238 g/mol. The number of rotatable bonds is 3. The minimum Gasteiger partial charge on any atom is -0.478 e. The Kier molecular flexibility index (Phi) is 3.55. The molecule has 6 nitrogen and oxygen atoms in total. The minimum atomic E-state index is -1.02. The molecule has 0 bridgehead atoms. The van der Waals surface area contributed by atoms with Crippen molar-refractivity contribution >= 4 is 11.7 Å². The Morgan fingerprint density at radius 2 is 2.47 bits per heavy atom. The zero-order valence-corrected chi connectivity index (χ0v) is 9.24. The molecule has 1 aliphatic rings. The van der Waals surface area contributed by atoms with Gasteiger partial charge in [0, 0.05) is 18.9 Å². The van der Waals surface area contributed by atoms with Crippen LogP contribution in [0.3, 0.4) is 0 Å². The Morgan fingerprint density at radius 1 is 1.65 bits per heavy atom. The molecule has 0 saturated carbocycles. The molecule has 0 amide bonds. The number of aliphatic hydroxyl groups is 1. The Hall–Kier alpha value is -1.66. The molecule has 92 valence electrons. The first-order valence-electron chi connectivity index (χ1n) is 5.36. The number of aromatic carboxylic acids is 1. The predicted octanol–water partition coefficient (Wildman–Crippen LogP) is -0.0227. The summed E-state index contributed by atoms with van der Waals surface area (Å²) in [6.45, 7) is 1.42. The first-order chi connectivity index (χ1) is 8.24. The fourth-order valence-electron chi connectivity index (χ4n) is 1.93. The van der Waals surface area contributed by atoms with Crippen molar-refractivity contribution in [1.82, 2.24) is 4.98 Å². The second kappa shape index (κ2) is 5.11. The molecule has 1 atom stereocenters. The quantitative estimate of drug-likeness (QED) is 0.770. The molecule has 1 aromatic rings. The lowest BCUT2D eigenvalue weighted by molar-refractivity contribution is 0.0676. The number of hydrogen-bond acceptors (Lipinski definition) is 5. The van der Waals surface area contributed by atoms with Crippen LogP contribution in [0.5, 0.6) is 0 Å². The third-order valence-corrected chi connectivity index (χ3v) is 2.78. The first kappa shape index (κ1) is 11.8. The number of morpholine rings is 1. The summed E-state index contributed by atoms with van der Waals surface area (Å²) in [5, 5.41) is 18.4. The van der Waals surface area contributed by atoms with E-state index >= 15 is 0 Å². The molecular weight excluding hydrogens is 224 g/mol. The van der Waals surface area contributed by atoms with Crippen LogP contribution in [0.25, 0.3) is 0 Å². The van der Waals surface area contributed by atoms with E-state index in [9.17, 15) is 9.90 Å². The van der Waals surface area contributed by atoms with Gasteiger partial charge < -0.3 is 19.8 Å². The highest BCUT2D eigenvalue weighted by molar-refractivity contribution is 5.94. The molecule has 1 aliphatic heterocycles. The van der Waals surface area contributed by atoms with Gasteiger partial charge in [-0.3, -0.25) is 4.98 Å². The van der Waals surface area contributed by atoms with Gasteiger partial charge >= 0.3 is 5.97 Å². The van der Waals surface area contributed by atoms with Crippen LogP contribution in [-0.2, 0) is 4.74 Å². The average molecular weight is 238 g/mol. The summed E-state index contributed by atoms with van der Waals surface area (Å²) in [6, 6.07) is 1.45. The molecule has 2 rings (SSSR count). The maximum absolute atomic E-state index is 11.1. The molecule has 1 saturated heterocycles. The van der Waals surface area contributed by atoms with Gasteiger partial charge in [-0.25, -0.2) is 4.79 Å². The third kappa shape index (κ3) is 2.37. The molecule has 0 spiro atoms. The normalized spacial score (nSPS) is 20.3. The molecule has 2 N–H and O–H groups in total. The molecule has 0 aliphatic carbocycles. The summed E-state index contributed by atoms with van der Waals surface area (Å²) >= 11 is 0. The molecule has 17 heavy (non-hydrogen) atoms. The zero-order valence-electron chi connectivity index (χ0n) is 9.24. The SMILES string of the molecule is O=C(O)c1cnccc1N1CCOCC1CO. The van der Waals surface area contributed by atoms with Crippen LogP contribution in [0, 0.1) is 0 Å². The van der Waals surface area contributed by atoms with Crippen molar-refractivity contribution in [3.8, 4) is 0 Å². The van der Waals surface area contributed by atoms with Gasteiger partial charge in [0.1, 0.15) is 5.56 Å². The highest BCUT2D eigenvalue weighted by Gasteiger charge is 2.25. The van der Waals surface area contributed by atoms with Gasteiger partial charge in [-0.05, 0) is 6.07 Å². The van der Waals surface area contributed by atoms with Crippen LogP contribution in [0.4, 0.5) is 5.69 Å². The van der Waals surface area contributed by atoms with E-state index in [4.69, 9.17) is 9.84 Å². The fraction of sp³-hybridized carbons (Fsp3) is 0.455. The number of aromatic nitrogens is 1. The minimum absolute atomic E-state index is 0.0681. The van der Waals surface area contributed by atoms with Gasteiger partial charge in [-0.15, -0.1) is 0 Å². The standard InChI is InChI=1S/C11H14N2O4/c14-6-8-7-17-4-3-13(8)10-1-2-12-5-9(10)11(15)16/h1-2,5,8,14H,3-4,6-7H2,(H,15,16). The van der Waals surface area contributed by atoms with Gasteiger partial charge in [0.2, 0.25) is 0 Å². The van der Waals surface area contributed by atoms with E-state index < -0.39 is 5.97 Å². The molecule has 2 heterocycles. The van der Waals surface area contributed by atoms with Crippen LogP contribution < -0.4 is 4.90 Å². The number of carbonyl (C=O) groups is 1. The Labute approximate surface area is 98.5 Å². The van der Waals surface area contributed by atoms with Gasteiger partial charge in [-0.2, -0.15) is 0 Å². The topological polar surface area (TPSA) is 82.9 Å². The average Bonchev–Trinajstić information content (AvgIpc) is 2.38. The highest BCUT2D eigenvalue weighted by atomic mass is 16.5. The van der Waals surface area contributed by atoms with E-state index in [-0.39, 0.29) is 18.2 Å². The van der Waals surface area contributed by atoms with Crippen LogP contribution >= 0.6 is 0 Å². The van der Waals surface area contributed by atoms with Gasteiger partial charge in [0.25, 0.3) is 0 Å². The molecule has 6 heteroatoms. The first-order valence-corrected chi connectivity index (χ1v) is 5.36. The van der Waals surface area contributed by atoms with Crippen molar-refractivity contribution in [2.45, 2.75) is 6.04 Å². The number of nitrogens with zero attached hydrogens (tertiary/aromatic N) is 2. The van der Waals surface area contributed by atoms with Crippen LogP contribution in [0.1, 0.15) is 10.4 Å². The second-order valence-electron chi connectivity index (χ2n) is 3.80. The number of pyridine rings is 1. The zero-order chi connectivity index (χ0) is 12.3. The van der Waals surface area contributed by atoms with Crippen molar-refractivity contribution in [2.24, 2.45) is 0 Å². The van der Waals surface area contributed by atoms with Crippen molar-refractivity contribution in [1.29, 1.82) is 0 Å². The van der Waals surface area contributed by atoms with E-state index in [1.54, 1.807) is 12.3 Å². The summed E-state index contributed by atoms with van der Waals surface area (Å²) < 4.78 is 5.26. The second-order valence-corrected chi connectivity index (χ2v) is 3.80. The third-order valence-electron chi connectivity index (χ3n) is 2.78. The molecule has 0 aromatic carbocycles. The van der Waals surface area contributed by atoms with Crippen LogP contribution in [-0.4, -0.2) is 53.6 Å². The van der Waals surface area contributed by atoms with Crippen molar-refractivity contribution < 1.29 is 19.7 Å². The van der Waals surface area contributed by atoms with Crippen molar-refractivity contribution in [3.05, 3.63) is 24.0 Å². The fourth-order valence-corrected chi connectivity index (χ4v) is 1.93. The van der Waals surface area contributed by atoms with Gasteiger partial charge in [-0.1, -0.05) is 0 Å². The number of anilines is 1. The molecule has 1 unspecified atom stereocenters. The van der Waals surface area contributed by atoms with Crippen molar-refractivity contribution in [3.63, 3.8) is 0 Å². The smallest absolute Gasteiger partial charge is 0.339 e. The summed E-state index contributed by atoms with van der Waals surface area (Å²) in [5.41, 5.74) is 0.725. The van der Waals surface area contributed by atoms with E-state index in [2.05, 4.69) is 4.98 Å². The summed E-state index contributed by atoms with van der Waals surface area (Å²) in [7, 11) is 0. The van der Waals surface area contributed by atoms with Gasteiger partial charge in [0.05, 0.1) is 31.5 Å². The van der Waals surface area contributed by atoms with E-state index in [0.29, 0.717) is 25.4 Å². The number of ether oxygens (including phenoxy) is 1. The molecular formula is C11H14N2O4.